The van der Waals surface area contributed by atoms with Gasteiger partial charge in [0, 0.05) is 23.0 Å². The van der Waals surface area contributed by atoms with E-state index in [0.717, 1.165) is 28.0 Å². The molecule has 0 unspecified atom stereocenters. The molecule has 0 amide bonds. The van der Waals surface area contributed by atoms with Crippen LogP contribution < -0.4 is 0 Å². The Labute approximate surface area is 172 Å². The third kappa shape index (κ3) is 3.61. The van der Waals surface area contributed by atoms with Crippen molar-refractivity contribution in [2.24, 2.45) is 0 Å². The number of rotatable bonds is 5. The molecule has 0 radical (unpaired) electrons. The highest BCUT2D eigenvalue weighted by Crippen LogP contribution is 2.28. The minimum absolute atomic E-state index is 0.266. The Kier molecular flexibility index (Phi) is 5.07. The second-order valence-corrected chi connectivity index (χ2v) is 7.30. The molecule has 0 aliphatic rings. The third-order valence-electron chi connectivity index (χ3n) is 4.67. The van der Waals surface area contributed by atoms with Crippen LogP contribution in [0.15, 0.2) is 66.7 Å². The Morgan fingerprint density at radius 2 is 1.61 bits per heavy atom. The topological polar surface area (TPSA) is 55.1 Å². The van der Waals surface area contributed by atoms with Crippen LogP contribution in [0, 0.1) is 0 Å². The Bertz CT molecular complexity index is 1150. The van der Waals surface area contributed by atoms with Gasteiger partial charge in [-0.15, -0.1) is 0 Å². The Hall–Kier alpha value is -2.82. The molecule has 28 heavy (non-hydrogen) atoms. The van der Waals surface area contributed by atoms with Gasteiger partial charge in [0.1, 0.15) is 5.82 Å². The standard InChI is InChI=1S/C22H16Cl2N2O2/c23-17-4-3-5-18(24)16(17)12-21-25-19-6-1-2-7-20(19)26(21)13-14-8-10-15(11-9-14)22(27)28/h1-11H,12-13H2,(H,27,28). The fourth-order valence-electron chi connectivity index (χ4n) is 3.23. The molecule has 4 rings (SSSR count). The predicted molar refractivity (Wildman–Crippen MR) is 112 cm³/mol. The first kappa shape index (κ1) is 18.5. The highest BCUT2D eigenvalue weighted by atomic mass is 35.5. The number of carboxylic acids is 1. The van der Waals surface area contributed by atoms with E-state index in [0.29, 0.717) is 23.0 Å². The summed E-state index contributed by atoms with van der Waals surface area (Å²) in [5.41, 5.74) is 3.98. The summed E-state index contributed by atoms with van der Waals surface area (Å²) in [6, 6.07) is 20.2. The fraction of sp³-hybridized carbons (Fsp3) is 0.0909. The molecule has 0 atom stereocenters. The van der Waals surface area contributed by atoms with Crippen LogP contribution in [0.25, 0.3) is 11.0 Å². The normalized spacial score (nSPS) is 11.1. The second-order valence-electron chi connectivity index (χ2n) is 6.48. The maximum absolute atomic E-state index is 11.1. The van der Waals surface area contributed by atoms with Crippen LogP contribution >= 0.6 is 23.2 Å². The Morgan fingerprint density at radius 1 is 0.929 bits per heavy atom. The maximum Gasteiger partial charge on any atom is 0.335 e. The Morgan fingerprint density at radius 3 is 2.29 bits per heavy atom. The third-order valence-corrected chi connectivity index (χ3v) is 5.38. The van der Waals surface area contributed by atoms with E-state index in [1.807, 2.05) is 54.6 Å². The minimum atomic E-state index is -0.936. The van der Waals surface area contributed by atoms with Gasteiger partial charge in [-0.3, -0.25) is 0 Å². The van der Waals surface area contributed by atoms with Crippen molar-refractivity contribution in [3.8, 4) is 0 Å². The first-order valence-electron chi connectivity index (χ1n) is 8.72. The Balaban J connectivity index is 1.76. The van der Waals surface area contributed by atoms with Crippen LogP contribution in [-0.2, 0) is 13.0 Å². The largest absolute Gasteiger partial charge is 0.478 e. The van der Waals surface area contributed by atoms with Crippen molar-refractivity contribution in [2.75, 3.05) is 0 Å². The molecule has 0 aliphatic heterocycles. The van der Waals surface area contributed by atoms with Crippen LogP contribution in [0.3, 0.4) is 0 Å². The molecule has 1 heterocycles. The van der Waals surface area contributed by atoms with Crippen LogP contribution in [0.1, 0.15) is 27.3 Å². The number of hydrogen-bond acceptors (Lipinski definition) is 2. The number of para-hydroxylation sites is 2. The fourth-order valence-corrected chi connectivity index (χ4v) is 3.76. The quantitative estimate of drug-likeness (QED) is 0.460. The van der Waals surface area contributed by atoms with Crippen molar-refractivity contribution < 1.29 is 9.90 Å². The highest BCUT2D eigenvalue weighted by Gasteiger charge is 2.15. The number of imidazole rings is 1. The number of carbonyl (C=O) groups is 1. The lowest BCUT2D eigenvalue weighted by atomic mass is 10.1. The number of benzene rings is 3. The van der Waals surface area contributed by atoms with Gasteiger partial charge >= 0.3 is 5.97 Å². The molecule has 4 nitrogen and oxygen atoms in total. The number of fused-ring (bicyclic) bond motifs is 1. The number of carboxylic acid groups (broad SMARTS) is 1. The average molecular weight is 411 g/mol. The smallest absolute Gasteiger partial charge is 0.335 e. The van der Waals surface area contributed by atoms with Crippen molar-refractivity contribution in [3.05, 3.63) is 99.3 Å². The highest BCUT2D eigenvalue weighted by molar-refractivity contribution is 6.36. The maximum atomic E-state index is 11.1. The second kappa shape index (κ2) is 7.66. The van der Waals surface area contributed by atoms with Gasteiger partial charge in [0.2, 0.25) is 0 Å². The zero-order valence-corrected chi connectivity index (χ0v) is 16.3. The molecule has 4 aromatic rings. The van der Waals surface area contributed by atoms with Crippen molar-refractivity contribution in [2.45, 2.75) is 13.0 Å². The lowest BCUT2D eigenvalue weighted by molar-refractivity contribution is 0.0697. The SMILES string of the molecule is O=C(O)c1ccc(Cn2c(Cc3c(Cl)cccc3Cl)nc3ccccc32)cc1. The molecule has 1 aromatic heterocycles. The summed E-state index contributed by atoms with van der Waals surface area (Å²) < 4.78 is 2.12. The number of aromatic carboxylic acids is 1. The number of halogens is 2. The molecule has 0 saturated carbocycles. The lowest BCUT2D eigenvalue weighted by Gasteiger charge is -2.12. The molecule has 6 heteroatoms. The molecule has 0 spiro atoms. The van der Waals surface area contributed by atoms with E-state index in [9.17, 15) is 4.79 Å². The summed E-state index contributed by atoms with van der Waals surface area (Å²) in [6.07, 6.45) is 0.500. The summed E-state index contributed by atoms with van der Waals surface area (Å²) in [5, 5.41) is 10.3. The summed E-state index contributed by atoms with van der Waals surface area (Å²) in [5.74, 6) is -0.0906. The van der Waals surface area contributed by atoms with Gasteiger partial charge in [0.15, 0.2) is 0 Å². The molecule has 140 valence electrons. The van der Waals surface area contributed by atoms with Crippen LogP contribution in [0.4, 0.5) is 0 Å². The van der Waals surface area contributed by atoms with Gasteiger partial charge in [-0.1, -0.05) is 53.5 Å². The van der Waals surface area contributed by atoms with Gasteiger partial charge in [0.05, 0.1) is 16.6 Å². The summed E-state index contributed by atoms with van der Waals surface area (Å²) in [4.78, 5) is 15.9. The number of nitrogens with zero attached hydrogens (tertiary/aromatic N) is 2. The first-order valence-corrected chi connectivity index (χ1v) is 9.48. The van der Waals surface area contributed by atoms with Crippen molar-refractivity contribution in [1.29, 1.82) is 0 Å². The predicted octanol–water partition coefficient (Wildman–Crippen LogP) is 5.68. The average Bonchev–Trinajstić information content (AvgIpc) is 3.02. The van der Waals surface area contributed by atoms with E-state index < -0.39 is 5.97 Å². The molecule has 0 aliphatic carbocycles. The zero-order chi connectivity index (χ0) is 19.7. The molecular formula is C22H16Cl2N2O2. The van der Waals surface area contributed by atoms with Crippen LogP contribution in [0.5, 0.6) is 0 Å². The first-order chi connectivity index (χ1) is 13.5. The van der Waals surface area contributed by atoms with Gasteiger partial charge in [-0.05, 0) is 47.5 Å². The molecule has 1 N–H and O–H groups in total. The van der Waals surface area contributed by atoms with Crippen molar-refractivity contribution in [3.63, 3.8) is 0 Å². The van der Waals surface area contributed by atoms with E-state index in [2.05, 4.69) is 4.57 Å². The molecule has 0 saturated heterocycles. The summed E-state index contributed by atoms with van der Waals surface area (Å²) in [7, 11) is 0. The van der Waals surface area contributed by atoms with Gasteiger partial charge in [-0.2, -0.15) is 0 Å². The van der Waals surface area contributed by atoms with Crippen molar-refractivity contribution in [1.82, 2.24) is 9.55 Å². The summed E-state index contributed by atoms with van der Waals surface area (Å²) >= 11 is 12.7. The van der Waals surface area contributed by atoms with E-state index in [1.54, 1.807) is 12.1 Å². The van der Waals surface area contributed by atoms with E-state index in [4.69, 9.17) is 33.3 Å². The van der Waals surface area contributed by atoms with E-state index in [-0.39, 0.29) is 5.56 Å². The minimum Gasteiger partial charge on any atom is -0.478 e. The van der Waals surface area contributed by atoms with Gasteiger partial charge in [-0.25, -0.2) is 9.78 Å². The monoisotopic (exact) mass is 410 g/mol. The molecular weight excluding hydrogens is 395 g/mol. The number of hydrogen-bond donors (Lipinski definition) is 1. The number of aromatic nitrogens is 2. The molecule has 3 aromatic carbocycles. The van der Waals surface area contributed by atoms with Gasteiger partial charge < -0.3 is 9.67 Å². The lowest BCUT2D eigenvalue weighted by Crippen LogP contribution is -2.07. The molecule has 0 bridgehead atoms. The van der Waals surface area contributed by atoms with Crippen LogP contribution in [-0.4, -0.2) is 20.6 Å². The van der Waals surface area contributed by atoms with E-state index in [1.165, 1.54) is 0 Å². The molecule has 0 fully saturated rings. The zero-order valence-electron chi connectivity index (χ0n) is 14.8. The summed E-state index contributed by atoms with van der Waals surface area (Å²) in [6.45, 7) is 0.567. The van der Waals surface area contributed by atoms with Gasteiger partial charge in [0.25, 0.3) is 0 Å². The van der Waals surface area contributed by atoms with E-state index >= 15 is 0 Å². The van der Waals surface area contributed by atoms with Crippen LogP contribution in [0.2, 0.25) is 10.0 Å². The van der Waals surface area contributed by atoms with Crippen molar-refractivity contribution >= 4 is 40.2 Å².